The van der Waals surface area contributed by atoms with E-state index in [9.17, 15) is 0 Å². The van der Waals surface area contributed by atoms with Crippen LogP contribution in [0.5, 0.6) is 0 Å². The van der Waals surface area contributed by atoms with Gasteiger partial charge >= 0.3 is 0 Å². The second-order valence-corrected chi connectivity index (χ2v) is 25.8. The molecular formula is C82H58F2N2S2. The molecule has 0 aliphatic rings. The normalized spacial score (nSPS) is 12.0. The molecule has 0 atom stereocenters. The highest BCUT2D eigenvalue weighted by Gasteiger charge is 2.32. The summed E-state index contributed by atoms with van der Waals surface area (Å²) in [7, 11) is 0. The summed E-state index contributed by atoms with van der Waals surface area (Å²) in [4.78, 5) is 4.49. The number of hydrogen-bond acceptors (Lipinski definition) is 4. The number of hydrogen-bond donors (Lipinski definition) is 0. The fraction of sp³-hybridized carbons (Fsp3) is 0.0732. The molecule has 0 radical (unpaired) electrons. The van der Waals surface area contributed by atoms with Gasteiger partial charge in [-0.25, -0.2) is 8.78 Å². The van der Waals surface area contributed by atoms with Crippen LogP contribution in [0.3, 0.4) is 0 Å². The maximum Gasteiger partial charge on any atom is 0.148 e. The van der Waals surface area contributed by atoms with E-state index in [2.05, 4.69) is 219 Å². The summed E-state index contributed by atoms with van der Waals surface area (Å²) >= 11 is 3.49. The van der Waals surface area contributed by atoms with Crippen molar-refractivity contribution in [2.75, 3.05) is 9.80 Å². The molecule has 14 aromatic carbocycles. The Labute approximate surface area is 518 Å². The molecular weight excluding hydrogens is 1120 g/mol. The standard InChI is InChI=1S/C82H58F2N2S2/c1-49(2)65-47-73(85(71-35-21-33-61-57-31-17-19-37-75(57)87-81(61)71)79-67(53-27-13-7-14-28-53)43-55(45-69(79)83)51-23-9-5-10-24-51)63-42-40-60-66(50(3)4)48-74(64-41-39-59(65)77(63)78(60)64)86(72-36-22-34-62-58-32-18-20-38-76(58)88-82(62)72)80-68(54-29-15-8-16-30-54)44-56(46-70(80)84)52-25-11-6-12-26-52/h5-50H,1-4H3. The fourth-order valence-corrected chi connectivity index (χ4v) is 16.2. The third-order valence-electron chi connectivity index (χ3n) is 17.9. The van der Waals surface area contributed by atoms with Gasteiger partial charge in [-0.3, -0.25) is 0 Å². The lowest BCUT2D eigenvalue weighted by Crippen LogP contribution is -2.16. The van der Waals surface area contributed by atoms with Crippen molar-refractivity contribution >= 4 is 129 Å². The van der Waals surface area contributed by atoms with Crippen molar-refractivity contribution in [3.63, 3.8) is 0 Å². The van der Waals surface area contributed by atoms with Crippen molar-refractivity contribution in [2.45, 2.75) is 39.5 Å². The van der Waals surface area contributed by atoms with Crippen LogP contribution in [0, 0.1) is 11.6 Å². The van der Waals surface area contributed by atoms with Gasteiger partial charge in [0.2, 0.25) is 0 Å². The predicted octanol–water partition coefficient (Wildman–Crippen LogP) is 25.5. The largest absolute Gasteiger partial charge is 0.305 e. The zero-order valence-corrected chi connectivity index (χ0v) is 50.7. The number of halogens is 2. The van der Waals surface area contributed by atoms with E-state index < -0.39 is 0 Å². The third kappa shape index (κ3) is 8.68. The number of anilines is 6. The summed E-state index contributed by atoms with van der Waals surface area (Å²) in [5, 5.41) is 10.9. The number of nitrogens with zero attached hydrogens (tertiary/aromatic N) is 2. The van der Waals surface area contributed by atoms with Gasteiger partial charge in [0.05, 0.1) is 43.5 Å². The van der Waals surface area contributed by atoms with Gasteiger partial charge in [-0.2, -0.15) is 0 Å². The highest BCUT2D eigenvalue weighted by atomic mass is 32.1. The average molecular weight is 1170 g/mol. The first-order valence-electron chi connectivity index (χ1n) is 30.2. The van der Waals surface area contributed by atoms with Crippen LogP contribution in [0.1, 0.15) is 50.7 Å². The van der Waals surface area contributed by atoms with E-state index in [-0.39, 0.29) is 23.5 Å². The zero-order valence-electron chi connectivity index (χ0n) is 49.0. The number of fused-ring (bicyclic) bond motifs is 6. The van der Waals surface area contributed by atoms with E-state index >= 15 is 8.78 Å². The Morgan fingerprint density at radius 2 is 0.625 bits per heavy atom. The highest BCUT2D eigenvalue weighted by molar-refractivity contribution is 7.26. The van der Waals surface area contributed by atoms with Crippen molar-refractivity contribution in [2.24, 2.45) is 0 Å². The van der Waals surface area contributed by atoms with Crippen molar-refractivity contribution in [1.29, 1.82) is 0 Å². The van der Waals surface area contributed by atoms with Crippen LogP contribution >= 0.6 is 22.7 Å². The first kappa shape index (κ1) is 53.5. The zero-order chi connectivity index (χ0) is 59.3. The summed E-state index contributed by atoms with van der Waals surface area (Å²) in [5.74, 6) is -0.554. The topological polar surface area (TPSA) is 6.48 Å². The summed E-state index contributed by atoms with van der Waals surface area (Å²) < 4.78 is 42.0. The monoisotopic (exact) mass is 1170 g/mol. The molecule has 88 heavy (non-hydrogen) atoms. The molecule has 0 saturated carbocycles. The molecule has 0 N–H and O–H groups in total. The van der Waals surface area contributed by atoms with Crippen molar-refractivity contribution in [3.05, 3.63) is 290 Å². The van der Waals surface area contributed by atoms with Gasteiger partial charge < -0.3 is 9.80 Å². The summed E-state index contributed by atoms with van der Waals surface area (Å²) in [5.41, 5.74) is 13.6. The molecule has 0 saturated heterocycles. The molecule has 2 aromatic heterocycles. The highest BCUT2D eigenvalue weighted by Crippen LogP contribution is 2.57. The Balaban J connectivity index is 1.05. The van der Waals surface area contributed by atoms with Crippen LogP contribution in [0.15, 0.2) is 267 Å². The summed E-state index contributed by atoms with van der Waals surface area (Å²) in [6.45, 7) is 9.07. The van der Waals surface area contributed by atoms with Gasteiger partial charge in [0.1, 0.15) is 11.6 Å². The van der Waals surface area contributed by atoms with Gasteiger partial charge in [0, 0.05) is 52.8 Å². The Morgan fingerprint density at radius 3 is 1.01 bits per heavy atom. The molecule has 0 spiro atoms. The molecule has 6 heteroatoms. The second-order valence-electron chi connectivity index (χ2n) is 23.7. The quantitative estimate of drug-likeness (QED) is 0.113. The first-order chi connectivity index (χ1) is 43.2. The lowest BCUT2D eigenvalue weighted by Gasteiger charge is -2.33. The minimum Gasteiger partial charge on any atom is -0.305 e. The van der Waals surface area contributed by atoms with Crippen molar-refractivity contribution in [3.8, 4) is 44.5 Å². The van der Waals surface area contributed by atoms with Crippen LogP contribution in [0.2, 0.25) is 0 Å². The molecule has 0 aliphatic carbocycles. The lowest BCUT2D eigenvalue weighted by atomic mass is 9.83. The molecule has 422 valence electrons. The molecule has 0 bridgehead atoms. The summed E-state index contributed by atoms with van der Waals surface area (Å²) in [6, 6.07) is 92.6. The number of rotatable bonds is 12. The van der Waals surface area contributed by atoms with E-state index in [0.29, 0.717) is 11.4 Å². The minimum absolute atomic E-state index is 0.0564. The molecule has 0 aliphatic heterocycles. The SMILES string of the molecule is CC(C)c1cc(N(c2c(F)cc(-c3ccccc3)cc2-c2ccccc2)c2cccc3c2sc2ccccc23)c2ccc3c(C(C)C)cc(N(c4c(F)cc(-c5ccccc5)cc4-c4ccccc4)c4cccc5c4sc4ccccc45)c4ccc1c2c34. The maximum absolute atomic E-state index is 18.8. The Bertz CT molecular complexity index is 5030. The van der Waals surface area contributed by atoms with Crippen molar-refractivity contribution in [1.82, 2.24) is 0 Å². The van der Waals surface area contributed by atoms with Gasteiger partial charge in [-0.1, -0.05) is 234 Å². The lowest BCUT2D eigenvalue weighted by molar-refractivity contribution is 0.629. The van der Waals surface area contributed by atoms with Gasteiger partial charge in [0.25, 0.3) is 0 Å². The minimum atomic E-state index is -0.333. The van der Waals surface area contributed by atoms with E-state index in [1.807, 2.05) is 72.8 Å². The molecule has 0 fully saturated rings. The second kappa shape index (κ2) is 21.5. The smallest absolute Gasteiger partial charge is 0.148 e. The van der Waals surface area contributed by atoms with Crippen LogP contribution in [-0.4, -0.2) is 0 Å². The number of thiophene rings is 2. The predicted molar refractivity (Wildman–Crippen MR) is 375 cm³/mol. The average Bonchev–Trinajstić information content (AvgIpc) is 1.07. The van der Waals surface area contributed by atoms with Crippen LogP contribution in [0.4, 0.5) is 42.9 Å². The van der Waals surface area contributed by atoms with E-state index in [4.69, 9.17) is 0 Å². The molecule has 2 nitrogen and oxygen atoms in total. The van der Waals surface area contributed by atoms with E-state index in [1.54, 1.807) is 34.8 Å². The first-order valence-corrected chi connectivity index (χ1v) is 31.9. The van der Waals surface area contributed by atoms with Crippen LogP contribution in [-0.2, 0) is 0 Å². The maximum atomic E-state index is 18.8. The Kier molecular flexibility index (Phi) is 13.0. The van der Waals surface area contributed by atoms with E-state index in [1.165, 1.54) is 0 Å². The third-order valence-corrected chi connectivity index (χ3v) is 20.3. The van der Waals surface area contributed by atoms with Gasteiger partial charge in [-0.05, 0) is 139 Å². The molecule has 0 unspecified atom stereocenters. The number of benzene rings is 14. The van der Waals surface area contributed by atoms with Gasteiger partial charge in [-0.15, -0.1) is 22.7 Å². The Hall–Kier alpha value is -9.98. The summed E-state index contributed by atoms with van der Waals surface area (Å²) in [6.07, 6.45) is 0. The van der Waals surface area contributed by atoms with Gasteiger partial charge in [0.15, 0.2) is 0 Å². The van der Waals surface area contributed by atoms with E-state index in [0.717, 1.165) is 151 Å². The van der Waals surface area contributed by atoms with Crippen LogP contribution < -0.4 is 9.80 Å². The fourth-order valence-electron chi connectivity index (χ4n) is 13.8. The molecule has 2 heterocycles. The molecule has 16 rings (SSSR count). The molecule has 16 aromatic rings. The Morgan fingerprint density at radius 1 is 0.284 bits per heavy atom. The molecule has 0 amide bonds. The van der Waals surface area contributed by atoms with Crippen LogP contribution in [0.25, 0.3) is 117 Å². The van der Waals surface area contributed by atoms with Crippen molar-refractivity contribution < 1.29 is 8.78 Å².